The molecular formula is C49H92O14Si9. The van der Waals surface area contributed by atoms with Gasteiger partial charge in [0, 0.05) is 44.9 Å². The average molecular weight is 1160 g/mol. The van der Waals surface area contributed by atoms with Crippen LogP contribution in [0.4, 0.5) is 0 Å². The summed E-state index contributed by atoms with van der Waals surface area (Å²) in [5.74, 6) is -0.380. The number of hydrogen-bond donors (Lipinski definition) is 0. The first kappa shape index (κ1) is 54.6. The Labute approximate surface area is 445 Å². The van der Waals surface area contributed by atoms with Crippen molar-refractivity contribution in [3.05, 3.63) is 12.2 Å². The Morgan fingerprint density at radius 3 is 1.07 bits per heavy atom. The molecular weight excluding hydrogens is 1070 g/mol. The van der Waals surface area contributed by atoms with E-state index in [9.17, 15) is 4.79 Å². The minimum Gasteiger partial charge on any atom is -0.462 e. The summed E-state index contributed by atoms with van der Waals surface area (Å²) in [5.41, 5.74) is 0.953. The summed E-state index contributed by atoms with van der Waals surface area (Å²) < 4.78 is 107. The average Bonchev–Trinajstić information content (AvgIpc) is 3.41. The summed E-state index contributed by atoms with van der Waals surface area (Å²) >= 11 is 0. The number of rotatable bonds is 14. The fraction of sp³-hybridized carbons (Fsp3) is 0.939. The van der Waals surface area contributed by atoms with Gasteiger partial charge in [0.15, 0.2) is 9.76 Å². The highest BCUT2D eigenvalue weighted by molar-refractivity contribution is 7.01. The van der Waals surface area contributed by atoms with E-state index in [0.29, 0.717) is 23.6 Å². The first-order valence-electron chi connectivity index (χ1n) is 30.2. The molecule has 23 heteroatoms. The number of fused-ring (bicyclic) bond motifs is 4. The van der Waals surface area contributed by atoms with Gasteiger partial charge in [-0.05, 0) is 95.9 Å². The Kier molecular flexibility index (Phi) is 18.1. The molecule has 4 heterocycles. The Bertz CT molecular complexity index is 1750. The quantitative estimate of drug-likeness (QED) is 0.0706. The van der Waals surface area contributed by atoms with Gasteiger partial charge in [0.2, 0.25) is 0 Å². The third kappa shape index (κ3) is 11.5. The molecule has 0 amide bonds. The summed E-state index contributed by atoms with van der Waals surface area (Å²) in [6, 6.07) is 0.437. The largest absolute Gasteiger partial charge is 0.482 e. The van der Waals surface area contributed by atoms with Crippen LogP contribution in [0.5, 0.6) is 0 Å². The number of carbonyl (C=O) groups is 1. The predicted molar refractivity (Wildman–Crippen MR) is 293 cm³/mol. The van der Waals surface area contributed by atoms with E-state index in [-0.39, 0.29) is 45.8 Å². The molecule has 4 saturated heterocycles. The zero-order valence-corrected chi connectivity index (χ0v) is 54.1. The van der Waals surface area contributed by atoms with Crippen LogP contribution in [-0.2, 0) is 58.9 Å². The van der Waals surface area contributed by atoms with Gasteiger partial charge < -0.3 is 54.1 Å². The van der Waals surface area contributed by atoms with Crippen LogP contribution in [0.25, 0.3) is 0 Å². The fourth-order valence-corrected chi connectivity index (χ4v) is 68.6. The van der Waals surface area contributed by atoms with Crippen molar-refractivity contribution >= 4 is 87.4 Å². The van der Waals surface area contributed by atoms with Gasteiger partial charge in [-0.2, -0.15) is 0 Å². The molecule has 0 radical (unpaired) electrons. The summed E-state index contributed by atoms with van der Waals surface area (Å²) in [4.78, 5) is 13.1. The fourth-order valence-electron chi connectivity index (χ4n) is 15.2. The monoisotopic (exact) mass is 1160 g/mol. The van der Waals surface area contributed by atoms with Crippen LogP contribution in [0, 0.1) is 0 Å². The molecule has 14 nitrogen and oxygen atoms in total. The molecule has 72 heavy (non-hydrogen) atoms. The third-order valence-electron chi connectivity index (χ3n) is 19.2. The topological polar surface area (TPSA) is 137 Å². The molecule has 11 fully saturated rings. The first-order valence-corrected chi connectivity index (χ1v) is 45.5. The van der Waals surface area contributed by atoms with E-state index in [1.807, 2.05) is 0 Å². The molecule has 0 aromatic rings. The predicted octanol–water partition coefficient (Wildman–Crippen LogP) is 12.2. The molecule has 7 saturated carbocycles. The molecule has 4 atom stereocenters. The van der Waals surface area contributed by atoms with Crippen LogP contribution in [0.2, 0.25) is 44.8 Å². The van der Waals surface area contributed by atoms with Crippen molar-refractivity contribution in [2.45, 2.75) is 283 Å². The van der Waals surface area contributed by atoms with E-state index in [2.05, 4.69) is 6.58 Å². The number of carbonyl (C=O) groups excluding carboxylic acids is 1. The van der Waals surface area contributed by atoms with E-state index in [4.69, 9.17) is 54.1 Å². The Balaban J connectivity index is 1.18. The maximum Gasteiger partial charge on any atom is 0.482 e. The van der Waals surface area contributed by atoms with Gasteiger partial charge in [0.05, 0.1) is 6.61 Å². The van der Waals surface area contributed by atoms with Crippen molar-refractivity contribution in [2.24, 2.45) is 0 Å². The maximum absolute atomic E-state index is 13.1. The van der Waals surface area contributed by atoms with Gasteiger partial charge in [-0.25, -0.2) is 4.79 Å². The third-order valence-corrected chi connectivity index (χ3v) is 58.2. The van der Waals surface area contributed by atoms with Crippen molar-refractivity contribution in [1.29, 1.82) is 0 Å². The van der Waals surface area contributed by atoms with Crippen LogP contribution >= 0.6 is 0 Å². The summed E-state index contributed by atoms with van der Waals surface area (Å²) in [6.07, 6.45) is 38.1. The van der Waals surface area contributed by atoms with Gasteiger partial charge in [-0.1, -0.05) is 154 Å². The van der Waals surface area contributed by atoms with Crippen LogP contribution in [0.3, 0.4) is 0 Å². The van der Waals surface area contributed by atoms with Gasteiger partial charge in [0.1, 0.15) is 0 Å². The standard InChI is InChI=1S/C49H92O14Si9/c1-41(2)49(50)51-39-24-40-66(52-64-42-25-10-3-11-26-42)55-69(45-31-16-6-17-32-45)57-67(43-27-12-4-13-28-43)53-65-54-68(44-29-14-5-15-30-44)58-70(56-66,46-33-18-7-19-34-46)62-72(61-69,48-37-22-9-23-38-48)63-71(59-67,60-68)47-35-20-8-21-36-47/h42-48H,1,3-40,64-65H2,2H3. The highest BCUT2D eigenvalue weighted by atomic mass is 28.6. The minimum atomic E-state index is -4.13. The Morgan fingerprint density at radius 2 is 0.736 bits per heavy atom. The van der Waals surface area contributed by atoms with E-state index < -0.39 is 81.4 Å². The van der Waals surface area contributed by atoms with E-state index in [1.165, 1.54) is 70.6 Å². The van der Waals surface area contributed by atoms with E-state index >= 15 is 0 Å². The van der Waals surface area contributed by atoms with Crippen LogP contribution in [0.1, 0.15) is 238 Å². The molecule has 6 bridgehead atoms. The minimum absolute atomic E-state index is 0.000604. The normalized spacial score (nSPS) is 41.6. The molecule has 7 aliphatic carbocycles. The van der Waals surface area contributed by atoms with Crippen LogP contribution in [0.15, 0.2) is 12.2 Å². The molecule has 0 spiro atoms. The molecule has 4 unspecified atom stereocenters. The highest BCUT2D eigenvalue weighted by Gasteiger charge is 2.83. The summed E-state index contributed by atoms with van der Waals surface area (Å²) in [7, 11) is -31.2. The van der Waals surface area contributed by atoms with Gasteiger partial charge in [-0.3, -0.25) is 0 Å². The SMILES string of the molecule is C=C(C)C(=O)OCCC[Si]1(O[SiH2]C2CCCCC2)O[Si]2(C3CCCCC3)O[Si]3(C4CCCCC4)O[SiH2]O[Si]4(C5CCCCC5)O[Si](C5CCCCC5)(O1)O[Si](C1CCCCC1)(O2)O[Si](C1CCCCC1)(O3)O4. The van der Waals surface area contributed by atoms with Gasteiger partial charge in [-0.15, -0.1) is 0 Å². The number of ether oxygens (including phenoxy) is 1. The van der Waals surface area contributed by atoms with Crippen molar-refractivity contribution in [3.63, 3.8) is 0 Å². The zero-order chi connectivity index (χ0) is 49.2. The molecule has 0 aromatic heterocycles. The van der Waals surface area contributed by atoms with E-state index in [1.54, 1.807) is 6.92 Å². The lowest BCUT2D eigenvalue weighted by atomic mass is 10.0. The first-order chi connectivity index (χ1) is 35.1. The van der Waals surface area contributed by atoms with Gasteiger partial charge in [0.25, 0.3) is 10.0 Å². The van der Waals surface area contributed by atoms with Crippen molar-refractivity contribution in [3.8, 4) is 0 Å². The molecule has 11 aliphatic rings. The van der Waals surface area contributed by atoms with Crippen LogP contribution < -0.4 is 0 Å². The lowest BCUT2D eigenvalue weighted by Crippen LogP contribution is -2.86. The molecule has 408 valence electrons. The van der Waals surface area contributed by atoms with Gasteiger partial charge >= 0.3 is 67.6 Å². The maximum atomic E-state index is 13.1. The Hall–Kier alpha value is 0.682. The molecule has 0 N–H and O–H groups in total. The number of hydrogen-bond acceptors (Lipinski definition) is 14. The zero-order valence-electron chi connectivity index (χ0n) is 44.2. The van der Waals surface area contributed by atoms with Crippen LogP contribution in [-0.4, -0.2) is 94.0 Å². The highest BCUT2D eigenvalue weighted by Crippen LogP contribution is 2.62. The summed E-state index contributed by atoms with van der Waals surface area (Å²) in [5, 5.41) is 0. The molecule has 0 aromatic carbocycles. The van der Waals surface area contributed by atoms with Crippen molar-refractivity contribution in [2.75, 3.05) is 6.61 Å². The van der Waals surface area contributed by atoms with Crippen molar-refractivity contribution < 1.29 is 58.9 Å². The molecule has 11 rings (SSSR count). The second kappa shape index (κ2) is 23.8. The Morgan fingerprint density at radius 1 is 0.444 bits per heavy atom. The number of esters is 1. The molecule has 4 aliphatic heterocycles. The lowest BCUT2D eigenvalue weighted by Gasteiger charge is -2.64. The lowest BCUT2D eigenvalue weighted by molar-refractivity contribution is -0.139. The van der Waals surface area contributed by atoms with E-state index in [0.717, 1.165) is 154 Å². The summed E-state index contributed by atoms with van der Waals surface area (Å²) in [6.45, 7) is 5.83. The second-order valence-corrected chi connectivity index (χ2v) is 51.0. The van der Waals surface area contributed by atoms with Crippen molar-refractivity contribution in [1.82, 2.24) is 0 Å². The second-order valence-electron chi connectivity index (χ2n) is 24.5. The smallest absolute Gasteiger partial charge is 0.462 e.